The molecule has 0 N–H and O–H groups in total. The Balaban J connectivity index is 2.96. The fourth-order valence-corrected chi connectivity index (χ4v) is 1.76. The summed E-state index contributed by atoms with van der Waals surface area (Å²) in [5, 5.41) is 0. The quantitative estimate of drug-likeness (QED) is 0.658. The van der Waals surface area contributed by atoms with Crippen LogP contribution in [0.2, 0.25) is 0 Å². The first kappa shape index (κ1) is 7.96. The van der Waals surface area contributed by atoms with Crippen molar-refractivity contribution in [1.82, 2.24) is 0 Å². The standard InChI is InChI=1S/C8H9ClS/c1-2-7-5-3-4-6-8(7)10-9/h3-6H,2H2,1H3. The minimum atomic E-state index is 1.05. The summed E-state index contributed by atoms with van der Waals surface area (Å²) in [5.41, 5.74) is 1.32. The second-order valence-electron chi connectivity index (χ2n) is 2.04. The first-order valence-electron chi connectivity index (χ1n) is 3.25. The van der Waals surface area contributed by atoms with E-state index in [1.807, 2.05) is 18.2 Å². The maximum absolute atomic E-state index is 5.63. The van der Waals surface area contributed by atoms with E-state index < -0.39 is 0 Å². The van der Waals surface area contributed by atoms with Gasteiger partial charge in [0.1, 0.15) is 0 Å². The van der Waals surface area contributed by atoms with E-state index in [4.69, 9.17) is 10.7 Å². The molecule has 54 valence electrons. The van der Waals surface area contributed by atoms with E-state index in [0.29, 0.717) is 0 Å². The number of hydrogen-bond acceptors (Lipinski definition) is 1. The number of hydrogen-bond donors (Lipinski definition) is 0. The van der Waals surface area contributed by atoms with Crippen molar-refractivity contribution < 1.29 is 0 Å². The molecule has 1 aromatic rings. The monoisotopic (exact) mass is 172 g/mol. The molecule has 0 aromatic heterocycles. The van der Waals surface area contributed by atoms with Crippen LogP contribution in [0.15, 0.2) is 29.2 Å². The van der Waals surface area contributed by atoms with Gasteiger partial charge in [-0.1, -0.05) is 25.1 Å². The predicted octanol–water partition coefficient (Wildman–Crippen LogP) is 3.49. The first-order valence-corrected chi connectivity index (χ1v) is 4.89. The molecule has 0 atom stereocenters. The molecule has 1 aromatic carbocycles. The third kappa shape index (κ3) is 1.68. The highest BCUT2D eigenvalue weighted by atomic mass is 35.7. The molecule has 0 bridgehead atoms. The van der Waals surface area contributed by atoms with Gasteiger partial charge in [0.25, 0.3) is 0 Å². The van der Waals surface area contributed by atoms with Crippen LogP contribution in [0.5, 0.6) is 0 Å². The summed E-state index contributed by atoms with van der Waals surface area (Å²) in [6.07, 6.45) is 1.05. The maximum Gasteiger partial charge on any atom is 0.0265 e. The smallest absolute Gasteiger partial charge is 0.0265 e. The number of rotatable bonds is 2. The van der Waals surface area contributed by atoms with E-state index in [0.717, 1.165) is 6.42 Å². The van der Waals surface area contributed by atoms with Crippen molar-refractivity contribution in [1.29, 1.82) is 0 Å². The molecule has 0 saturated carbocycles. The first-order chi connectivity index (χ1) is 4.88. The van der Waals surface area contributed by atoms with Gasteiger partial charge in [-0.3, -0.25) is 0 Å². The van der Waals surface area contributed by atoms with Crippen molar-refractivity contribution in [3.63, 3.8) is 0 Å². The topological polar surface area (TPSA) is 0 Å². The van der Waals surface area contributed by atoms with Gasteiger partial charge < -0.3 is 0 Å². The number of halogens is 1. The van der Waals surface area contributed by atoms with Gasteiger partial charge in [-0.15, -0.1) is 0 Å². The zero-order valence-electron chi connectivity index (χ0n) is 5.80. The van der Waals surface area contributed by atoms with Crippen molar-refractivity contribution in [3.8, 4) is 0 Å². The predicted molar refractivity (Wildman–Crippen MR) is 47.5 cm³/mol. The van der Waals surface area contributed by atoms with E-state index in [-0.39, 0.29) is 0 Å². The number of benzene rings is 1. The van der Waals surface area contributed by atoms with Crippen LogP contribution >= 0.6 is 21.7 Å². The summed E-state index contributed by atoms with van der Waals surface area (Å²) in [6, 6.07) is 8.18. The second kappa shape index (κ2) is 3.89. The van der Waals surface area contributed by atoms with Crippen molar-refractivity contribution in [2.24, 2.45) is 0 Å². The van der Waals surface area contributed by atoms with Gasteiger partial charge >= 0.3 is 0 Å². The molecule has 0 aliphatic rings. The lowest BCUT2D eigenvalue weighted by Crippen LogP contribution is -1.80. The highest BCUT2D eigenvalue weighted by Crippen LogP contribution is 2.25. The largest absolute Gasteiger partial charge is 0.0619 e. The fourth-order valence-electron chi connectivity index (χ4n) is 0.871. The maximum atomic E-state index is 5.63. The zero-order chi connectivity index (χ0) is 7.40. The summed E-state index contributed by atoms with van der Waals surface area (Å²) in [6.45, 7) is 2.13. The van der Waals surface area contributed by atoms with Gasteiger partial charge in [0, 0.05) is 4.90 Å². The van der Waals surface area contributed by atoms with E-state index >= 15 is 0 Å². The van der Waals surface area contributed by atoms with E-state index in [1.54, 1.807) is 0 Å². The molecule has 10 heavy (non-hydrogen) atoms. The minimum Gasteiger partial charge on any atom is -0.0619 e. The van der Waals surface area contributed by atoms with Crippen LogP contribution in [-0.2, 0) is 6.42 Å². The average Bonchev–Trinajstić information content (AvgIpc) is 2.04. The van der Waals surface area contributed by atoms with Gasteiger partial charge in [0.2, 0.25) is 0 Å². The molecule has 0 fully saturated rings. The Kier molecular flexibility index (Phi) is 3.10. The molecule has 1 rings (SSSR count). The lowest BCUT2D eigenvalue weighted by Gasteiger charge is -2.00. The van der Waals surface area contributed by atoms with E-state index in [2.05, 4.69) is 13.0 Å². The van der Waals surface area contributed by atoms with Gasteiger partial charge in [0.15, 0.2) is 0 Å². The summed E-state index contributed by atoms with van der Waals surface area (Å²) in [7, 11) is 6.92. The van der Waals surface area contributed by atoms with Crippen LogP contribution in [0, 0.1) is 0 Å². The summed E-state index contributed by atoms with van der Waals surface area (Å²) in [4.78, 5) is 1.17. The minimum absolute atomic E-state index is 1.05. The van der Waals surface area contributed by atoms with Crippen LogP contribution in [0.1, 0.15) is 12.5 Å². The normalized spacial score (nSPS) is 9.80. The Hall–Kier alpha value is -0.140. The molecule has 0 aliphatic heterocycles. The molecule has 0 spiro atoms. The van der Waals surface area contributed by atoms with Crippen LogP contribution in [0.3, 0.4) is 0 Å². The molecule has 0 saturated heterocycles. The van der Waals surface area contributed by atoms with Crippen LogP contribution < -0.4 is 0 Å². The van der Waals surface area contributed by atoms with Gasteiger partial charge in [-0.25, -0.2) is 0 Å². The average molecular weight is 173 g/mol. The van der Waals surface area contributed by atoms with Crippen molar-refractivity contribution >= 4 is 21.7 Å². The second-order valence-corrected chi connectivity index (χ2v) is 3.10. The molecule has 0 aliphatic carbocycles. The Morgan fingerprint density at radius 3 is 2.60 bits per heavy atom. The summed E-state index contributed by atoms with van der Waals surface area (Å²) < 4.78 is 0. The van der Waals surface area contributed by atoms with Crippen molar-refractivity contribution in [2.45, 2.75) is 18.2 Å². The molecule has 0 amide bonds. The highest BCUT2D eigenvalue weighted by Gasteiger charge is 1.96. The van der Waals surface area contributed by atoms with Crippen LogP contribution in [0.4, 0.5) is 0 Å². The molecule has 0 unspecified atom stereocenters. The summed E-state index contributed by atoms with van der Waals surface area (Å²) >= 11 is 0. The lowest BCUT2D eigenvalue weighted by molar-refractivity contribution is 1.08. The SMILES string of the molecule is CCc1ccccc1SCl. The van der Waals surface area contributed by atoms with E-state index in [9.17, 15) is 0 Å². The highest BCUT2D eigenvalue weighted by molar-refractivity contribution is 8.21. The zero-order valence-corrected chi connectivity index (χ0v) is 7.38. The third-order valence-electron chi connectivity index (χ3n) is 1.44. The molecular formula is C8H9ClS. The Morgan fingerprint density at radius 2 is 2.10 bits per heavy atom. The van der Waals surface area contributed by atoms with Gasteiger partial charge in [-0.2, -0.15) is 0 Å². The molecule has 0 radical (unpaired) electrons. The number of aryl methyl sites for hydroxylation is 1. The Morgan fingerprint density at radius 1 is 1.40 bits per heavy atom. The van der Waals surface area contributed by atoms with Gasteiger partial charge in [0.05, 0.1) is 0 Å². The van der Waals surface area contributed by atoms with Crippen LogP contribution in [-0.4, -0.2) is 0 Å². The van der Waals surface area contributed by atoms with Gasteiger partial charge in [-0.05, 0) is 39.7 Å². The molecular weight excluding hydrogens is 164 g/mol. The van der Waals surface area contributed by atoms with Crippen molar-refractivity contribution in [2.75, 3.05) is 0 Å². The van der Waals surface area contributed by atoms with E-state index in [1.165, 1.54) is 21.4 Å². The lowest BCUT2D eigenvalue weighted by atomic mass is 10.2. The third-order valence-corrected chi connectivity index (χ3v) is 2.50. The Bertz CT molecular complexity index is 187. The van der Waals surface area contributed by atoms with Crippen molar-refractivity contribution in [3.05, 3.63) is 29.8 Å². The molecule has 0 heterocycles. The molecule has 2 heteroatoms. The Labute approximate surface area is 70.1 Å². The molecule has 0 nitrogen and oxygen atoms in total. The van der Waals surface area contributed by atoms with Crippen LogP contribution in [0.25, 0.3) is 0 Å². The fraction of sp³-hybridized carbons (Fsp3) is 0.250. The summed E-state index contributed by atoms with van der Waals surface area (Å²) in [5.74, 6) is 0.